The molecule has 0 aliphatic heterocycles. The van der Waals surface area contributed by atoms with Crippen LogP contribution in [0.1, 0.15) is 2.85 Å². The van der Waals surface area contributed by atoms with Crippen molar-refractivity contribution in [3.05, 3.63) is 0 Å². The molecular formula is H6AsMgNO4. The summed E-state index contributed by atoms with van der Waals surface area (Å²) in [5.74, 6) is 4.07. The summed E-state index contributed by atoms with van der Waals surface area (Å²) in [7, 11) is 0. The second-order valence-corrected chi connectivity index (χ2v) is 3.10. The number of rotatable bonds is 1. The molecule has 0 radical (unpaired) electrons. The largest absolute Gasteiger partial charge is 2.00 e. The van der Waals surface area contributed by atoms with Crippen LogP contribution in [0, 0.1) is 0 Å². The van der Waals surface area contributed by atoms with Gasteiger partial charge in [-0.05, 0) is 0 Å². The van der Waals surface area contributed by atoms with Crippen LogP contribution in [0.25, 0.3) is 0 Å². The maximum absolute atomic E-state index is 9.41. The fourth-order valence-corrected chi connectivity index (χ4v) is 0. The Balaban J connectivity index is -0.0000000417. The van der Waals surface area contributed by atoms with E-state index in [1.165, 1.54) is 0 Å². The van der Waals surface area contributed by atoms with Gasteiger partial charge in [0.05, 0.1) is 0 Å². The molecule has 7 heavy (non-hydrogen) atoms. The van der Waals surface area contributed by atoms with Gasteiger partial charge in [0.2, 0.25) is 0 Å². The van der Waals surface area contributed by atoms with Gasteiger partial charge in [-0.2, -0.15) is 0 Å². The molecule has 7 heteroatoms. The Labute approximate surface area is 62.3 Å². The van der Waals surface area contributed by atoms with Crippen molar-refractivity contribution in [3.8, 4) is 0 Å². The maximum atomic E-state index is 9.41. The standard InChI is InChI=1S/AsH4NO4.Mg.2H/c2-6-1(3,4)5;;;/h2H2,(H2,3,4,5);;;/q;+2;2*-1. The maximum Gasteiger partial charge on any atom is 2.00 e. The molecule has 0 bridgehead atoms. The molecule has 0 heterocycles. The summed E-state index contributed by atoms with van der Waals surface area (Å²) in [6.45, 7) is 0. The van der Waals surface area contributed by atoms with Crippen LogP contribution in [-0.4, -0.2) is 45.8 Å². The van der Waals surface area contributed by atoms with Gasteiger partial charge in [-0.3, -0.25) is 0 Å². The SMILES string of the molecule is NO[As](=O)(O)O.[H-].[H-].[Mg+2]. The summed E-state index contributed by atoms with van der Waals surface area (Å²) in [5.41, 5.74) is 0. The number of hydrogen-bond donors (Lipinski definition) is 3. The second kappa shape index (κ2) is 3.91. The Bertz CT molecular complexity index is 82.6. The Hall–Kier alpha value is 0.965. The van der Waals surface area contributed by atoms with Gasteiger partial charge in [-0.15, -0.1) is 0 Å². The van der Waals surface area contributed by atoms with Gasteiger partial charge in [0.25, 0.3) is 0 Å². The molecule has 5 nitrogen and oxygen atoms in total. The molecule has 0 atom stereocenters. The molecule has 0 aliphatic rings. The Morgan fingerprint density at radius 3 is 1.86 bits per heavy atom. The van der Waals surface area contributed by atoms with Crippen molar-refractivity contribution in [3.63, 3.8) is 0 Å². The third-order valence-electron chi connectivity index (χ3n) is 0.137. The first-order chi connectivity index (χ1) is 2.56. The van der Waals surface area contributed by atoms with E-state index in [2.05, 4.69) is 9.72 Å². The first-order valence-electron chi connectivity index (χ1n) is 1.00. The molecule has 0 saturated heterocycles. The Kier molecular flexibility index (Phi) is 6.06. The predicted molar refractivity (Wildman–Crippen MR) is 24.1 cm³/mol. The Morgan fingerprint density at radius 2 is 1.86 bits per heavy atom. The van der Waals surface area contributed by atoms with Crippen LogP contribution < -0.4 is 5.90 Å². The van der Waals surface area contributed by atoms with Crippen molar-refractivity contribution in [2.75, 3.05) is 0 Å². The van der Waals surface area contributed by atoms with Crippen molar-refractivity contribution in [2.24, 2.45) is 5.90 Å². The van der Waals surface area contributed by atoms with E-state index in [1.807, 2.05) is 0 Å². The summed E-state index contributed by atoms with van der Waals surface area (Å²) in [5, 5.41) is 0. The van der Waals surface area contributed by atoms with Gasteiger partial charge >= 0.3 is 59.2 Å². The number of hydrogen-bond acceptors (Lipinski definition) is 3. The van der Waals surface area contributed by atoms with Crippen molar-refractivity contribution >= 4 is 37.6 Å². The molecule has 0 aromatic rings. The molecule has 0 spiro atoms. The molecule has 0 amide bonds. The van der Waals surface area contributed by atoms with E-state index in [0.29, 0.717) is 0 Å². The second-order valence-electron chi connectivity index (χ2n) is 0.596. The van der Waals surface area contributed by atoms with Crippen molar-refractivity contribution < 1.29 is 18.6 Å². The fourth-order valence-electron chi connectivity index (χ4n) is 0. The average Bonchev–Trinajstić information content (AvgIpc) is 1.35. The van der Waals surface area contributed by atoms with Gasteiger partial charge in [-0.1, -0.05) is 0 Å². The van der Waals surface area contributed by atoms with Crippen LogP contribution in [0.2, 0.25) is 0 Å². The van der Waals surface area contributed by atoms with E-state index in [9.17, 15) is 3.74 Å². The molecule has 0 rings (SSSR count). The fraction of sp³-hybridized carbons (Fsp3) is 0. The molecule has 0 unspecified atom stereocenters. The molecule has 0 aromatic heterocycles. The summed E-state index contributed by atoms with van der Waals surface area (Å²) in [6.07, 6.45) is 0. The minimum absolute atomic E-state index is 0. The van der Waals surface area contributed by atoms with E-state index in [4.69, 9.17) is 8.19 Å². The van der Waals surface area contributed by atoms with Gasteiger partial charge in [0.15, 0.2) is 0 Å². The molecule has 0 aliphatic carbocycles. The zero-order valence-electron chi connectivity index (χ0n) is 5.44. The van der Waals surface area contributed by atoms with Crippen LogP contribution in [0.3, 0.4) is 0 Å². The molecular weight excluding hydrogens is 177 g/mol. The minimum atomic E-state index is -4.88. The van der Waals surface area contributed by atoms with Crippen LogP contribution >= 0.6 is 0 Å². The third kappa shape index (κ3) is 10.9. The van der Waals surface area contributed by atoms with Gasteiger partial charge in [-0.25, -0.2) is 0 Å². The van der Waals surface area contributed by atoms with E-state index in [-0.39, 0.29) is 25.9 Å². The minimum Gasteiger partial charge on any atom is -1.00 e. The van der Waals surface area contributed by atoms with Crippen LogP contribution in [-0.2, 0) is 7.57 Å². The van der Waals surface area contributed by atoms with Crippen molar-refractivity contribution in [1.82, 2.24) is 0 Å². The molecule has 0 fully saturated rings. The summed E-state index contributed by atoms with van der Waals surface area (Å²) in [6, 6.07) is 0. The monoisotopic (exact) mass is 183 g/mol. The van der Waals surface area contributed by atoms with Crippen LogP contribution in [0.5, 0.6) is 0 Å². The molecule has 0 aromatic carbocycles. The molecule has 42 valence electrons. The van der Waals surface area contributed by atoms with E-state index in [0.717, 1.165) is 0 Å². The zero-order chi connectivity index (χ0) is 5.21. The first-order valence-corrected chi connectivity index (χ1v) is 4.21. The first kappa shape index (κ1) is 10.9. The summed E-state index contributed by atoms with van der Waals surface area (Å²) in [4.78, 5) is 0. The van der Waals surface area contributed by atoms with Crippen LogP contribution in [0.15, 0.2) is 0 Å². The quantitative estimate of drug-likeness (QED) is 0.310. The smallest absolute Gasteiger partial charge is 1.00 e. The molecule has 4 N–H and O–H groups in total. The van der Waals surface area contributed by atoms with Crippen LogP contribution in [0.4, 0.5) is 0 Å². The topological polar surface area (TPSA) is 92.8 Å². The number of nitrogens with two attached hydrogens (primary N) is 1. The third-order valence-corrected chi connectivity index (χ3v) is 0.714. The molecule has 0 saturated carbocycles. The summed E-state index contributed by atoms with van der Waals surface area (Å²) >= 11 is -4.88. The van der Waals surface area contributed by atoms with Crippen molar-refractivity contribution in [1.29, 1.82) is 0 Å². The van der Waals surface area contributed by atoms with E-state index >= 15 is 0 Å². The van der Waals surface area contributed by atoms with Gasteiger partial charge in [0, 0.05) is 0 Å². The van der Waals surface area contributed by atoms with Gasteiger partial charge in [0.1, 0.15) is 0 Å². The van der Waals surface area contributed by atoms with Crippen molar-refractivity contribution in [2.45, 2.75) is 0 Å². The van der Waals surface area contributed by atoms with E-state index in [1.54, 1.807) is 0 Å². The van der Waals surface area contributed by atoms with Gasteiger partial charge < -0.3 is 2.85 Å². The summed E-state index contributed by atoms with van der Waals surface area (Å²) < 4.78 is 27.9. The normalized spacial score (nSPS) is 10.1. The zero-order valence-corrected chi connectivity index (χ0v) is 6.73. The Morgan fingerprint density at radius 1 is 1.71 bits per heavy atom. The van der Waals surface area contributed by atoms with E-state index < -0.39 is 14.5 Å². The predicted octanol–water partition coefficient (Wildman–Crippen LogP) is -2.43. The average molecular weight is 183 g/mol.